The molecule has 0 saturated heterocycles. The number of Topliss-reactive ketones (excluding diaryl/α,β-unsaturated/α-hetero) is 1. The van der Waals surface area contributed by atoms with Gasteiger partial charge in [-0.25, -0.2) is 0 Å². The van der Waals surface area contributed by atoms with Crippen LogP contribution in [0.1, 0.15) is 16.1 Å². The molecule has 24 heavy (non-hydrogen) atoms. The Kier molecular flexibility index (Phi) is 4.64. The third-order valence-corrected chi connectivity index (χ3v) is 3.96. The summed E-state index contributed by atoms with van der Waals surface area (Å²) in [6.45, 7) is 1.03. The first kappa shape index (κ1) is 16.2. The molecule has 2 aromatic heterocycles. The molecule has 4 rings (SSSR count). The van der Waals surface area contributed by atoms with Crippen molar-refractivity contribution in [3.05, 3.63) is 66.1 Å². The van der Waals surface area contributed by atoms with Gasteiger partial charge in [-0.15, -0.1) is 12.4 Å². The maximum Gasteiger partial charge on any atom is 0.180 e. The zero-order valence-electron chi connectivity index (χ0n) is 12.9. The zero-order chi connectivity index (χ0) is 15.6. The highest BCUT2D eigenvalue weighted by atomic mass is 35.5. The number of anilines is 2. The topological polar surface area (TPSA) is 69.8 Å². The summed E-state index contributed by atoms with van der Waals surface area (Å²) in [5.74, 6) is 0.0984. The van der Waals surface area contributed by atoms with Crippen molar-refractivity contribution < 1.29 is 4.79 Å². The number of H-pyrrole nitrogens is 1. The molecular weight excluding hydrogens is 324 g/mol. The quantitative estimate of drug-likeness (QED) is 0.682. The number of para-hydroxylation sites is 1. The fourth-order valence-corrected chi connectivity index (χ4v) is 2.91. The molecule has 1 aliphatic rings. The Labute approximate surface area is 145 Å². The molecule has 1 aliphatic heterocycles. The molecule has 0 bridgehead atoms. The van der Waals surface area contributed by atoms with E-state index in [1.807, 2.05) is 42.5 Å². The van der Waals surface area contributed by atoms with Crippen LogP contribution in [0.5, 0.6) is 0 Å². The summed E-state index contributed by atoms with van der Waals surface area (Å²) in [5.41, 5.74) is 5.38. The number of pyridine rings is 1. The summed E-state index contributed by atoms with van der Waals surface area (Å²) >= 11 is 0. The Morgan fingerprint density at radius 3 is 2.50 bits per heavy atom. The predicted octanol–water partition coefficient (Wildman–Crippen LogP) is 3.53. The maximum absolute atomic E-state index is 12.4. The second-order valence-electron chi connectivity index (χ2n) is 5.48. The van der Waals surface area contributed by atoms with Gasteiger partial charge in [-0.1, -0.05) is 18.2 Å². The molecule has 0 fully saturated rings. The van der Waals surface area contributed by atoms with E-state index in [2.05, 4.69) is 20.6 Å². The van der Waals surface area contributed by atoms with Crippen molar-refractivity contribution in [2.24, 2.45) is 0 Å². The van der Waals surface area contributed by atoms with Crippen molar-refractivity contribution in [1.82, 2.24) is 15.3 Å². The van der Waals surface area contributed by atoms with Gasteiger partial charge >= 0.3 is 0 Å². The van der Waals surface area contributed by atoms with Crippen LogP contribution in [0.15, 0.2) is 54.9 Å². The van der Waals surface area contributed by atoms with Gasteiger partial charge in [-0.05, 0) is 24.3 Å². The lowest BCUT2D eigenvalue weighted by Crippen LogP contribution is -2.29. The number of aromatic nitrogens is 2. The smallest absolute Gasteiger partial charge is 0.180 e. The molecule has 0 spiro atoms. The molecule has 122 valence electrons. The van der Waals surface area contributed by atoms with Crippen molar-refractivity contribution in [2.75, 3.05) is 11.9 Å². The zero-order valence-corrected chi connectivity index (χ0v) is 13.7. The summed E-state index contributed by atoms with van der Waals surface area (Å²) in [7, 11) is 0. The molecule has 0 aliphatic carbocycles. The number of halogens is 1. The predicted molar refractivity (Wildman–Crippen MR) is 97.0 cm³/mol. The summed E-state index contributed by atoms with van der Waals surface area (Å²) in [5, 5.41) is 6.53. The van der Waals surface area contributed by atoms with E-state index in [0.717, 1.165) is 33.9 Å². The van der Waals surface area contributed by atoms with Gasteiger partial charge in [-0.2, -0.15) is 0 Å². The lowest BCUT2D eigenvalue weighted by molar-refractivity contribution is 0.0983. The number of benzene rings is 1. The first-order valence-electron chi connectivity index (χ1n) is 7.54. The highest BCUT2D eigenvalue weighted by Crippen LogP contribution is 2.36. The first-order valence-corrected chi connectivity index (χ1v) is 7.54. The Balaban J connectivity index is 0.00000169. The number of fused-ring (bicyclic) bond motifs is 1. The van der Waals surface area contributed by atoms with Crippen LogP contribution in [0.25, 0.3) is 11.3 Å². The molecule has 3 heterocycles. The van der Waals surface area contributed by atoms with Gasteiger partial charge in [0, 0.05) is 35.9 Å². The van der Waals surface area contributed by atoms with Gasteiger partial charge in [0.2, 0.25) is 0 Å². The summed E-state index contributed by atoms with van der Waals surface area (Å²) < 4.78 is 0. The number of hydrogen-bond donors (Lipinski definition) is 3. The molecule has 3 N–H and O–H groups in total. The summed E-state index contributed by atoms with van der Waals surface area (Å²) in [4.78, 5) is 19.9. The number of hydrogen-bond acceptors (Lipinski definition) is 4. The Morgan fingerprint density at radius 2 is 1.75 bits per heavy atom. The number of carbonyl (C=O) groups excluding carboxylic acids is 1. The second-order valence-corrected chi connectivity index (χ2v) is 5.48. The highest BCUT2D eigenvalue weighted by Gasteiger charge is 2.26. The number of aromatic amines is 1. The van der Waals surface area contributed by atoms with Crippen LogP contribution in [0, 0.1) is 0 Å². The molecule has 0 radical (unpaired) electrons. The van der Waals surface area contributed by atoms with Crippen molar-refractivity contribution in [2.45, 2.75) is 6.54 Å². The SMILES string of the molecule is Cl.O=C1CNCc2[nH]c(-c3ccncc3)c(Nc3ccccc3)c21. The highest BCUT2D eigenvalue weighted by molar-refractivity contribution is 6.08. The largest absolute Gasteiger partial charge is 0.355 e. The molecule has 0 unspecified atom stereocenters. The number of rotatable bonds is 3. The lowest BCUT2D eigenvalue weighted by atomic mass is 10.0. The van der Waals surface area contributed by atoms with Gasteiger partial charge in [0.15, 0.2) is 5.78 Å². The van der Waals surface area contributed by atoms with E-state index in [0.29, 0.717) is 13.1 Å². The maximum atomic E-state index is 12.4. The van der Waals surface area contributed by atoms with E-state index in [-0.39, 0.29) is 18.2 Å². The van der Waals surface area contributed by atoms with Crippen molar-refractivity contribution >= 4 is 29.6 Å². The average molecular weight is 341 g/mol. The molecule has 5 nitrogen and oxygen atoms in total. The fraction of sp³-hybridized carbons (Fsp3) is 0.111. The number of nitrogens with zero attached hydrogens (tertiary/aromatic N) is 1. The van der Waals surface area contributed by atoms with E-state index < -0.39 is 0 Å². The Bertz CT molecular complexity index is 846. The van der Waals surface area contributed by atoms with Crippen LogP contribution >= 0.6 is 12.4 Å². The van der Waals surface area contributed by atoms with Gasteiger partial charge in [0.25, 0.3) is 0 Å². The molecule has 6 heteroatoms. The Hall–Kier alpha value is -2.63. The van der Waals surface area contributed by atoms with Gasteiger partial charge < -0.3 is 15.6 Å². The molecule has 0 atom stereocenters. The minimum absolute atomic E-state index is 0. The van der Waals surface area contributed by atoms with E-state index in [1.165, 1.54) is 0 Å². The van der Waals surface area contributed by atoms with Gasteiger partial charge in [0.1, 0.15) is 0 Å². The van der Waals surface area contributed by atoms with Gasteiger partial charge in [-0.3, -0.25) is 9.78 Å². The third kappa shape index (κ3) is 2.91. The third-order valence-electron chi connectivity index (χ3n) is 3.96. The van der Waals surface area contributed by atoms with Crippen molar-refractivity contribution in [3.63, 3.8) is 0 Å². The number of ketones is 1. The van der Waals surface area contributed by atoms with Crippen molar-refractivity contribution in [3.8, 4) is 11.3 Å². The van der Waals surface area contributed by atoms with Crippen LogP contribution < -0.4 is 10.6 Å². The van der Waals surface area contributed by atoms with E-state index in [9.17, 15) is 4.79 Å². The van der Waals surface area contributed by atoms with E-state index >= 15 is 0 Å². The van der Waals surface area contributed by atoms with E-state index in [4.69, 9.17) is 0 Å². The molecular formula is C18H17ClN4O. The average Bonchev–Trinajstić information content (AvgIpc) is 2.96. The number of nitrogens with one attached hydrogen (secondary N) is 3. The van der Waals surface area contributed by atoms with Crippen LogP contribution in [0.4, 0.5) is 11.4 Å². The minimum atomic E-state index is 0. The van der Waals surface area contributed by atoms with Crippen LogP contribution in [-0.2, 0) is 6.54 Å². The van der Waals surface area contributed by atoms with E-state index in [1.54, 1.807) is 12.4 Å². The molecule has 3 aromatic rings. The normalized spacial score (nSPS) is 13.1. The summed E-state index contributed by atoms with van der Waals surface area (Å²) in [6.07, 6.45) is 3.50. The van der Waals surface area contributed by atoms with Crippen LogP contribution in [0.2, 0.25) is 0 Å². The second kappa shape index (κ2) is 6.86. The Morgan fingerprint density at radius 1 is 1.00 bits per heavy atom. The van der Waals surface area contributed by atoms with Gasteiger partial charge in [0.05, 0.1) is 23.5 Å². The number of carbonyl (C=O) groups is 1. The fourth-order valence-electron chi connectivity index (χ4n) is 2.91. The minimum Gasteiger partial charge on any atom is -0.355 e. The van der Waals surface area contributed by atoms with Crippen LogP contribution in [-0.4, -0.2) is 22.3 Å². The molecule has 0 amide bonds. The monoisotopic (exact) mass is 340 g/mol. The van der Waals surface area contributed by atoms with Crippen molar-refractivity contribution in [1.29, 1.82) is 0 Å². The summed E-state index contributed by atoms with van der Waals surface area (Å²) in [6, 6.07) is 13.8. The first-order chi connectivity index (χ1) is 11.3. The molecule has 0 saturated carbocycles. The standard InChI is InChI=1S/C18H16N4O.ClH/c23-15-11-20-10-14-16(15)18(21-13-4-2-1-3-5-13)17(22-14)12-6-8-19-9-7-12;/h1-9,20-22H,10-11H2;1H. The van der Waals surface area contributed by atoms with Crippen LogP contribution in [0.3, 0.4) is 0 Å². The lowest BCUT2D eigenvalue weighted by Gasteiger charge is -2.14. The molecule has 1 aromatic carbocycles.